The van der Waals surface area contributed by atoms with E-state index < -0.39 is 5.60 Å². The number of amides is 1. The molecule has 1 fully saturated rings. The number of rotatable bonds is 2. The summed E-state index contributed by atoms with van der Waals surface area (Å²) in [6, 6.07) is 5.93. The van der Waals surface area contributed by atoms with Gasteiger partial charge < -0.3 is 9.26 Å². The zero-order chi connectivity index (χ0) is 18.2. The molecule has 0 saturated carbocycles. The lowest BCUT2D eigenvalue weighted by Crippen LogP contribution is -2.36. The van der Waals surface area contributed by atoms with Gasteiger partial charge in [-0.05, 0) is 59.1 Å². The van der Waals surface area contributed by atoms with E-state index in [0.29, 0.717) is 18.3 Å². The zero-order valence-electron chi connectivity index (χ0n) is 15.5. The Morgan fingerprint density at radius 3 is 2.80 bits per heavy atom. The smallest absolute Gasteiger partial charge is 0.410 e. The van der Waals surface area contributed by atoms with Crippen LogP contribution in [0, 0.1) is 13.8 Å². The Hall–Kier alpha value is -2.37. The van der Waals surface area contributed by atoms with Crippen molar-refractivity contribution < 1.29 is 14.1 Å². The molecule has 1 aromatic carbocycles. The molecule has 0 bridgehead atoms. The van der Waals surface area contributed by atoms with Crippen LogP contribution in [0.4, 0.5) is 4.79 Å². The van der Waals surface area contributed by atoms with E-state index in [0.717, 1.165) is 29.5 Å². The molecule has 0 spiro atoms. The number of nitrogens with zero attached hydrogens (tertiary/aromatic N) is 3. The summed E-state index contributed by atoms with van der Waals surface area (Å²) in [7, 11) is 0. The lowest BCUT2D eigenvalue weighted by molar-refractivity contribution is 0.0217. The number of aryl methyl sites for hydroxylation is 2. The second-order valence-electron chi connectivity index (χ2n) is 7.61. The molecule has 134 valence electrons. The van der Waals surface area contributed by atoms with Gasteiger partial charge in [0.1, 0.15) is 5.60 Å². The van der Waals surface area contributed by atoms with E-state index in [9.17, 15) is 4.79 Å². The van der Waals surface area contributed by atoms with E-state index in [1.54, 1.807) is 4.90 Å². The fourth-order valence-electron chi connectivity index (χ4n) is 3.02. The van der Waals surface area contributed by atoms with E-state index in [4.69, 9.17) is 9.26 Å². The zero-order valence-corrected chi connectivity index (χ0v) is 15.5. The molecular weight excluding hydrogens is 318 g/mol. The third-order valence-electron chi connectivity index (χ3n) is 4.24. The van der Waals surface area contributed by atoms with Gasteiger partial charge in [-0.2, -0.15) is 4.98 Å². The number of hydrogen-bond donors (Lipinski definition) is 0. The molecule has 25 heavy (non-hydrogen) atoms. The van der Waals surface area contributed by atoms with Crippen molar-refractivity contribution in [3.8, 4) is 11.5 Å². The van der Waals surface area contributed by atoms with Crippen molar-refractivity contribution in [3.05, 3.63) is 35.2 Å². The monoisotopic (exact) mass is 343 g/mol. The van der Waals surface area contributed by atoms with Gasteiger partial charge in [0.2, 0.25) is 0 Å². The number of carbonyl (C=O) groups excluding carboxylic acids is 1. The maximum atomic E-state index is 12.4. The Morgan fingerprint density at radius 1 is 1.32 bits per heavy atom. The van der Waals surface area contributed by atoms with Crippen molar-refractivity contribution >= 4 is 6.09 Å². The predicted molar refractivity (Wildman–Crippen MR) is 94.1 cm³/mol. The molecule has 1 saturated heterocycles. The van der Waals surface area contributed by atoms with Crippen LogP contribution in [0.25, 0.3) is 11.5 Å². The molecular formula is C19H25N3O3. The fourth-order valence-corrected chi connectivity index (χ4v) is 3.02. The van der Waals surface area contributed by atoms with Crippen molar-refractivity contribution in [1.29, 1.82) is 0 Å². The van der Waals surface area contributed by atoms with Crippen molar-refractivity contribution in [1.82, 2.24) is 15.0 Å². The maximum Gasteiger partial charge on any atom is 0.410 e. The third kappa shape index (κ3) is 3.83. The molecule has 1 aliphatic rings. The molecule has 1 atom stereocenters. The Labute approximate surface area is 148 Å². The summed E-state index contributed by atoms with van der Waals surface area (Å²) in [5, 5.41) is 4.14. The molecule has 6 nitrogen and oxygen atoms in total. The van der Waals surface area contributed by atoms with E-state index in [1.165, 1.54) is 0 Å². The minimum Gasteiger partial charge on any atom is -0.444 e. The Balaban J connectivity index is 1.84. The van der Waals surface area contributed by atoms with Crippen molar-refractivity contribution in [2.24, 2.45) is 0 Å². The quantitative estimate of drug-likeness (QED) is 0.807. The minimum atomic E-state index is -0.523. The van der Waals surface area contributed by atoms with Crippen LogP contribution >= 0.6 is 0 Å². The largest absolute Gasteiger partial charge is 0.444 e. The van der Waals surface area contributed by atoms with Gasteiger partial charge in [0.25, 0.3) is 5.89 Å². The normalized spacial score (nSPS) is 17.8. The molecule has 3 rings (SSSR count). The molecule has 1 amide bonds. The van der Waals surface area contributed by atoms with E-state index >= 15 is 0 Å². The van der Waals surface area contributed by atoms with Gasteiger partial charge in [0, 0.05) is 12.1 Å². The molecule has 2 aromatic rings. The number of benzene rings is 1. The summed E-state index contributed by atoms with van der Waals surface area (Å²) in [4.78, 5) is 18.7. The summed E-state index contributed by atoms with van der Waals surface area (Å²) in [6.45, 7) is 10.3. The van der Waals surface area contributed by atoms with Crippen LogP contribution in [-0.2, 0) is 4.74 Å². The van der Waals surface area contributed by atoms with Gasteiger partial charge in [-0.15, -0.1) is 0 Å². The van der Waals surface area contributed by atoms with Crippen molar-refractivity contribution in [2.45, 2.75) is 59.1 Å². The second-order valence-corrected chi connectivity index (χ2v) is 7.61. The highest BCUT2D eigenvalue weighted by Gasteiger charge is 2.36. The van der Waals surface area contributed by atoms with Crippen LogP contribution in [0.2, 0.25) is 0 Å². The van der Waals surface area contributed by atoms with Gasteiger partial charge in [-0.1, -0.05) is 22.9 Å². The van der Waals surface area contributed by atoms with Gasteiger partial charge in [0.05, 0.1) is 6.04 Å². The first-order valence-corrected chi connectivity index (χ1v) is 8.65. The topological polar surface area (TPSA) is 68.5 Å². The van der Waals surface area contributed by atoms with Crippen molar-refractivity contribution in [3.63, 3.8) is 0 Å². The van der Waals surface area contributed by atoms with Gasteiger partial charge in [-0.3, -0.25) is 4.90 Å². The van der Waals surface area contributed by atoms with Gasteiger partial charge in [-0.25, -0.2) is 4.79 Å². The SMILES string of the molecule is Cc1ccc(C)c(-c2nc([C@@H]3CCCN3C(=O)OC(C)(C)C)no2)c1. The summed E-state index contributed by atoms with van der Waals surface area (Å²) >= 11 is 0. The summed E-state index contributed by atoms with van der Waals surface area (Å²) in [6.07, 6.45) is 1.38. The number of ether oxygens (including phenoxy) is 1. The molecule has 1 aromatic heterocycles. The molecule has 2 heterocycles. The van der Waals surface area contributed by atoms with Crippen LogP contribution in [0.1, 0.15) is 56.6 Å². The van der Waals surface area contributed by atoms with Crippen LogP contribution in [0.5, 0.6) is 0 Å². The molecule has 0 radical (unpaired) electrons. The molecule has 6 heteroatoms. The lowest BCUT2D eigenvalue weighted by Gasteiger charge is -2.27. The first kappa shape index (κ1) is 17.5. The van der Waals surface area contributed by atoms with E-state index in [-0.39, 0.29) is 12.1 Å². The van der Waals surface area contributed by atoms with Gasteiger partial charge >= 0.3 is 6.09 Å². The third-order valence-corrected chi connectivity index (χ3v) is 4.24. The first-order valence-electron chi connectivity index (χ1n) is 8.65. The Morgan fingerprint density at radius 2 is 2.08 bits per heavy atom. The van der Waals surface area contributed by atoms with Crippen LogP contribution in [0.3, 0.4) is 0 Å². The Kier molecular flexibility index (Phi) is 4.54. The lowest BCUT2D eigenvalue weighted by atomic mass is 10.1. The standard InChI is InChI=1S/C19H25N3O3/c1-12-8-9-13(2)14(11-12)17-20-16(21-25-17)15-7-6-10-22(15)18(23)24-19(3,4)5/h8-9,11,15H,6-7,10H2,1-5H3/t15-/m0/s1. The first-order chi connectivity index (χ1) is 11.7. The predicted octanol–water partition coefficient (Wildman–Crippen LogP) is 4.43. The van der Waals surface area contributed by atoms with E-state index in [1.807, 2.05) is 46.8 Å². The molecule has 0 aliphatic carbocycles. The van der Waals surface area contributed by atoms with Crippen LogP contribution in [-0.4, -0.2) is 33.3 Å². The fraction of sp³-hybridized carbons (Fsp3) is 0.526. The number of aromatic nitrogens is 2. The highest BCUT2D eigenvalue weighted by molar-refractivity contribution is 5.69. The highest BCUT2D eigenvalue weighted by Crippen LogP contribution is 2.33. The summed E-state index contributed by atoms with van der Waals surface area (Å²) in [5.74, 6) is 1.03. The van der Waals surface area contributed by atoms with Crippen LogP contribution < -0.4 is 0 Å². The summed E-state index contributed by atoms with van der Waals surface area (Å²) in [5.41, 5.74) is 2.62. The number of likely N-dealkylation sites (tertiary alicyclic amines) is 1. The molecule has 0 unspecified atom stereocenters. The Bertz CT molecular complexity index is 776. The average Bonchev–Trinajstić information content (AvgIpc) is 3.15. The maximum absolute atomic E-state index is 12.4. The minimum absolute atomic E-state index is 0.197. The highest BCUT2D eigenvalue weighted by atomic mass is 16.6. The molecule has 1 aliphatic heterocycles. The van der Waals surface area contributed by atoms with Crippen molar-refractivity contribution in [2.75, 3.05) is 6.54 Å². The molecule has 0 N–H and O–H groups in total. The number of carbonyl (C=O) groups is 1. The number of hydrogen-bond acceptors (Lipinski definition) is 5. The second kappa shape index (κ2) is 6.50. The van der Waals surface area contributed by atoms with E-state index in [2.05, 4.69) is 16.2 Å². The van der Waals surface area contributed by atoms with Crippen LogP contribution in [0.15, 0.2) is 22.7 Å². The average molecular weight is 343 g/mol. The summed E-state index contributed by atoms with van der Waals surface area (Å²) < 4.78 is 11.0. The van der Waals surface area contributed by atoms with Gasteiger partial charge in [0.15, 0.2) is 5.82 Å².